The van der Waals surface area contributed by atoms with Crippen molar-refractivity contribution in [3.05, 3.63) is 29.3 Å². The first kappa shape index (κ1) is 16.4. The molecule has 0 atom stereocenters. The highest BCUT2D eigenvalue weighted by Crippen LogP contribution is 2.32. The molecule has 0 aliphatic heterocycles. The minimum atomic E-state index is 0.758. The highest BCUT2D eigenvalue weighted by atomic mass is 32.2. The largest absolute Gasteiger partial charge is 0.383 e. The molecule has 0 unspecified atom stereocenters. The summed E-state index contributed by atoms with van der Waals surface area (Å²) in [5, 5.41) is 14.1. The molecule has 2 aromatic rings. The lowest BCUT2D eigenvalue weighted by atomic mass is 10.2. The molecule has 1 heterocycles. The molecule has 0 aliphatic carbocycles. The maximum absolute atomic E-state index is 5.00. The van der Waals surface area contributed by atoms with Crippen LogP contribution in [0.4, 0.5) is 0 Å². The van der Waals surface area contributed by atoms with E-state index in [0.29, 0.717) is 0 Å². The van der Waals surface area contributed by atoms with Gasteiger partial charge in [0.15, 0.2) is 0 Å². The molecule has 0 fully saturated rings. The van der Waals surface area contributed by atoms with Gasteiger partial charge in [0.25, 0.3) is 0 Å². The Morgan fingerprint density at radius 2 is 2.10 bits per heavy atom. The van der Waals surface area contributed by atoms with Gasteiger partial charge in [0, 0.05) is 30.5 Å². The number of nitrogens with zero attached hydrogens (tertiary/aromatic N) is 2. The van der Waals surface area contributed by atoms with Crippen molar-refractivity contribution in [3.63, 3.8) is 0 Å². The number of aromatic nitrogens is 2. The van der Waals surface area contributed by atoms with E-state index in [9.17, 15) is 0 Å². The van der Waals surface area contributed by atoms with E-state index < -0.39 is 0 Å². The summed E-state index contributed by atoms with van der Waals surface area (Å²) in [7, 11) is 1.72. The van der Waals surface area contributed by atoms with E-state index in [1.165, 1.54) is 10.5 Å². The fraction of sp³-hybridized carbons (Fsp3) is 0.467. The molecule has 0 saturated carbocycles. The highest BCUT2D eigenvalue weighted by molar-refractivity contribution is 7.98. The van der Waals surface area contributed by atoms with Crippen LogP contribution in [0, 0.1) is 0 Å². The molecule has 1 aromatic heterocycles. The fourth-order valence-electron chi connectivity index (χ4n) is 1.95. The Kier molecular flexibility index (Phi) is 7.15. The van der Waals surface area contributed by atoms with Gasteiger partial charge in [0.05, 0.1) is 6.61 Å². The first-order valence-corrected chi connectivity index (χ1v) is 9.04. The summed E-state index contributed by atoms with van der Waals surface area (Å²) >= 11 is 3.44. The number of thioether (sulfide) groups is 1. The van der Waals surface area contributed by atoms with Gasteiger partial charge in [-0.3, -0.25) is 0 Å². The summed E-state index contributed by atoms with van der Waals surface area (Å²) in [5.74, 6) is 0. The number of ether oxygens (including phenoxy) is 1. The molecule has 0 radical (unpaired) electrons. The Hall–Kier alpha value is -0.950. The van der Waals surface area contributed by atoms with Crippen molar-refractivity contribution < 1.29 is 4.74 Å². The van der Waals surface area contributed by atoms with Crippen LogP contribution in [0.2, 0.25) is 0 Å². The molecule has 4 nitrogen and oxygen atoms in total. The van der Waals surface area contributed by atoms with Crippen LogP contribution in [0.3, 0.4) is 0 Å². The number of aryl methyl sites for hydroxylation is 1. The predicted molar refractivity (Wildman–Crippen MR) is 90.2 cm³/mol. The maximum atomic E-state index is 5.00. The fourth-order valence-corrected chi connectivity index (χ4v) is 3.53. The SMILES string of the molecule is COCCNCCCc1nnc(-c2ccccc2SC)s1. The molecule has 0 saturated heterocycles. The summed E-state index contributed by atoms with van der Waals surface area (Å²) < 4.78 is 5.00. The number of rotatable bonds is 9. The predicted octanol–water partition coefficient (Wildman–Crippen LogP) is 3.10. The zero-order valence-electron chi connectivity index (χ0n) is 12.5. The normalized spacial score (nSPS) is 11.0. The summed E-state index contributed by atoms with van der Waals surface area (Å²) in [4.78, 5) is 1.25. The van der Waals surface area contributed by atoms with E-state index in [4.69, 9.17) is 4.74 Å². The number of hydrogen-bond donors (Lipinski definition) is 1. The zero-order chi connectivity index (χ0) is 14.9. The minimum absolute atomic E-state index is 0.758. The van der Waals surface area contributed by atoms with E-state index in [1.54, 1.807) is 30.2 Å². The summed E-state index contributed by atoms with van der Waals surface area (Å²) in [6, 6.07) is 8.35. The Morgan fingerprint density at radius 3 is 2.90 bits per heavy atom. The second-order valence-corrected chi connectivity index (χ2v) is 6.46. The molecule has 0 spiro atoms. The molecule has 2 rings (SSSR count). The van der Waals surface area contributed by atoms with Crippen molar-refractivity contribution in [1.29, 1.82) is 0 Å². The molecule has 21 heavy (non-hydrogen) atoms. The average Bonchev–Trinajstić information content (AvgIpc) is 2.99. The smallest absolute Gasteiger partial charge is 0.148 e. The summed E-state index contributed by atoms with van der Waals surface area (Å²) in [5.41, 5.74) is 1.19. The van der Waals surface area contributed by atoms with Crippen LogP contribution >= 0.6 is 23.1 Å². The van der Waals surface area contributed by atoms with E-state index in [2.05, 4.69) is 46.0 Å². The molecule has 0 bridgehead atoms. The van der Waals surface area contributed by atoms with Gasteiger partial charge in [-0.1, -0.05) is 29.5 Å². The number of benzene rings is 1. The Morgan fingerprint density at radius 1 is 1.24 bits per heavy atom. The zero-order valence-corrected chi connectivity index (χ0v) is 14.1. The van der Waals surface area contributed by atoms with Crippen LogP contribution in [0.1, 0.15) is 11.4 Å². The van der Waals surface area contributed by atoms with Crippen LogP contribution < -0.4 is 5.32 Å². The quantitative estimate of drug-likeness (QED) is 0.567. The van der Waals surface area contributed by atoms with E-state index in [1.807, 2.05) is 0 Å². The van der Waals surface area contributed by atoms with Crippen molar-refractivity contribution >= 4 is 23.1 Å². The number of nitrogens with one attached hydrogen (secondary N) is 1. The first-order valence-electron chi connectivity index (χ1n) is 7.00. The lowest BCUT2D eigenvalue weighted by Gasteiger charge is -2.02. The van der Waals surface area contributed by atoms with Crippen LogP contribution in [0.25, 0.3) is 10.6 Å². The Labute approximate surface area is 134 Å². The Bertz CT molecular complexity index is 545. The van der Waals surface area contributed by atoms with Crippen LogP contribution in [-0.2, 0) is 11.2 Å². The summed E-state index contributed by atoms with van der Waals surface area (Å²) in [6.45, 7) is 2.65. The monoisotopic (exact) mass is 323 g/mol. The van der Waals surface area contributed by atoms with Gasteiger partial charge in [0.2, 0.25) is 0 Å². The number of hydrogen-bond acceptors (Lipinski definition) is 6. The third-order valence-electron chi connectivity index (χ3n) is 3.03. The molecule has 1 N–H and O–H groups in total. The van der Waals surface area contributed by atoms with Crippen molar-refractivity contribution in [3.8, 4) is 10.6 Å². The highest BCUT2D eigenvalue weighted by Gasteiger charge is 2.09. The third kappa shape index (κ3) is 5.07. The molecule has 114 valence electrons. The van der Waals surface area contributed by atoms with Crippen molar-refractivity contribution in [2.24, 2.45) is 0 Å². The maximum Gasteiger partial charge on any atom is 0.148 e. The van der Waals surface area contributed by atoms with Gasteiger partial charge in [-0.25, -0.2) is 0 Å². The Balaban J connectivity index is 1.87. The lowest BCUT2D eigenvalue weighted by molar-refractivity contribution is 0.199. The molecule has 6 heteroatoms. The molecule has 0 aliphatic rings. The molecule has 1 aromatic carbocycles. The van der Waals surface area contributed by atoms with Crippen molar-refractivity contribution in [2.45, 2.75) is 17.7 Å². The van der Waals surface area contributed by atoms with E-state index in [-0.39, 0.29) is 0 Å². The van der Waals surface area contributed by atoms with Crippen molar-refractivity contribution in [1.82, 2.24) is 15.5 Å². The number of methoxy groups -OCH3 is 1. The standard InChI is InChI=1S/C15H21N3OS2/c1-19-11-10-16-9-5-8-14-17-18-15(21-14)12-6-3-4-7-13(12)20-2/h3-4,6-7,16H,5,8-11H2,1-2H3. The van der Waals surface area contributed by atoms with Crippen LogP contribution in [0.5, 0.6) is 0 Å². The van der Waals surface area contributed by atoms with Gasteiger partial charge < -0.3 is 10.1 Å². The van der Waals surface area contributed by atoms with E-state index in [0.717, 1.165) is 42.6 Å². The van der Waals surface area contributed by atoms with Crippen LogP contribution in [0.15, 0.2) is 29.2 Å². The van der Waals surface area contributed by atoms with Gasteiger partial charge in [0.1, 0.15) is 10.0 Å². The minimum Gasteiger partial charge on any atom is -0.383 e. The lowest BCUT2D eigenvalue weighted by Crippen LogP contribution is -2.20. The topological polar surface area (TPSA) is 47.0 Å². The first-order chi connectivity index (χ1) is 10.3. The molecule has 0 amide bonds. The van der Waals surface area contributed by atoms with Gasteiger partial charge in [-0.15, -0.1) is 22.0 Å². The van der Waals surface area contributed by atoms with Crippen LogP contribution in [-0.4, -0.2) is 43.3 Å². The average molecular weight is 323 g/mol. The second-order valence-electron chi connectivity index (χ2n) is 4.55. The van der Waals surface area contributed by atoms with E-state index >= 15 is 0 Å². The second kappa shape index (κ2) is 9.15. The third-order valence-corrected chi connectivity index (χ3v) is 4.84. The van der Waals surface area contributed by atoms with Crippen molar-refractivity contribution in [2.75, 3.05) is 33.1 Å². The van der Waals surface area contributed by atoms with Gasteiger partial charge in [-0.05, 0) is 25.3 Å². The van der Waals surface area contributed by atoms with Gasteiger partial charge >= 0.3 is 0 Å². The molecular formula is C15H21N3OS2. The molecular weight excluding hydrogens is 302 g/mol. The summed E-state index contributed by atoms with van der Waals surface area (Å²) in [6.07, 6.45) is 4.13. The van der Waals surface area contributed by atoms with Gasteiger partial charge in [-0.2, -0.15) is 0 Å².